The van der Waals surface area contributed by atoms with E-state index in [2.05, 4.69) is 13.8 Å². The van der Waals surface area contributed by atoms with E-state index in [0.717, 1.165) is 57.8 Å². The van der Waals surface area contributed by atoms with Crippen molar-refractivity contribution in [3.05, 3.63) is 0 Å². The summed E-state index contributed by atoms with van der Waals surface area (Å²) in [5, 5.41) is 8.75. The summed E-state index contributed by atoms with van der Waals surface area (Å²) < 4.78 is 5.88. The normalized spacial score (nSPS) is 12.1. The van der Waals surface area contributed by atoms with Crippen molar-refractivity contribution in [2.24, 2.45) is 0 Å². The Labute approximate surface area is 212 Å². The van der Waals surface area contributed by atoms with E-state index >= 15 is 0 Å². The number of carbonyl (C=O) groups excluding carboxylic acids is 1. The monoisotopic (exact) mass is 482 g/mol. The lowest BCUT2D eigenvalue weighted by atomic mass is 10.0. The van der Waals surface area contributed by atoms with E-state index in [1.807, 2.05) is 0 Å². The summed E-state index contributed by atoms with van der Waals surface area (Å²) in [5.74, 6) is -0.727. The molecule has 0 saturated carbocycles. The second-order valence-corrected chi connectivity index (χ2v) is 10.3. The fraction of sp³-hybridized carbons (Fsp3) is 0.933. The third-order valence-electron chi connectivity index (χ3n) is 6.83. The Morgan fingerprint density at radius 2 is 0.882 bits per heavy atom. The van der Waals surface area contributed by atoms with Crippen LogP contribution < -0.4 is 0 Å². The van der Waals surface area contributed by atoms with Gasteiger partial charge in [0.15, 0.2) is 0 Å². The maximum atomic E-state index is 12.4. The van der Waals surface area contributed by atoms with E-state index < -0.39 is 5.97 Å². The molecule has 0 radical (unpaired) electrons. The van der Waals surface area contributed by atoms with E-state index in [0.29, 0.717) is 6.42 Å². The van der Waals surface area contributed by atoms with Crippen LogP contribution in [-0.4, -0.2) is 23.1 Å². The number of carbonyl (C=O) groups is 2. The minimum atomic E-state index is -0.711. The summed E-state index contributed by atoms with van der Waals surface area (Å²) in [4.78, 5) is 23.0. The standard InChI is InChI=1S/C30H58O4/c1-3-5-7-9-11-12-13-14-15-17-23-27-30(33)34-28(24-20-16-10-8-6-4-2)25-21-18-19-22-26-29(31)32/h28H,3-27H2,1-2H3,(H,31,32). The minimum absolute atomic E-state index is 0.0159. The lowest BCUT2D eigenvalue weighted by Gasteiger charge is -2.18. The van der Waals surface area contributed by atoms with Crippen LogP contribution in [-0.2, 0) is 14.3 Å². The topological polar surface area (TPSA) is 63.6 Å². The Morgan fingerprint density at radius 1 is 0.529 bits per heavy atom. The summed E-state index contributed by atoms with van der Waals surface area (Å²) in [7, 11) is 0. The Morgan fingerprint density at radius 3 is 1.29 bits per heavy atom. The summed E-state index contributed by atoms with van der Waals surface area (Å²) in [5.41, 5.74) is 0. The number of carboxylic acid groups (broad SMARTS) is 1. The Kier molecular flexibility index (Phi) is 25.7. The Bertz CT molecular complexity index is 449. The predicted octanol–water partition coefficient (Wildman–Crippen LogP) is 9.78. The number of hydrogen-bond acceptors (Lipinski definition) is 3. The minimum Gasteiger partial charge on any atom is -0.481 e. The molecule has 1 unspecified atom stereocenters. The molecule has 0 rings (SSSR count). The first-order valence-electron chi connectivity index (χ1n) is 15.0. The van der Waals surface area contributed by atoms with Gasteiger partial charge in [0, 0.05) is 12.8 Å². The van der Waals surface area contributed by atoms with Gasteiger partial charge >= 0.3 is 11.9 Å². The highest BCUT2D eigenvalue weighted by atomic mass is 16.5. The predicted molar refractivity (Wildman–Crippen MR) is 144 cm³/mol. The van der Waals surface area contributed by atoms with Crippen LogP contribution in [0.15, 0.2) is 0 Å². The number of aliphatic carboxylic acids is 1. The van der Waals surface area contributed by atoms with Gasteiger partial charge in [0.25, 0.3) is 0 Å². The highest BCUT2D eigenvalue weighted by molar-refractivity contribution is 5.69. The van der Waals surface area contributed by atoms with Gasteiger partial charge in [-0.1, -0.05) is 123 Å². The molecule has 0 amide bonds. The van der Waals surface area contributed by atoms with Crippen LogP contribution in [0.3, 0.4) is 0 Å². The first-order valence-corrected chi connectivity index (χ1v) is 15.0. The second-order valence-electron chi connectivity index (χ2n) is 10.3. The molecule has 0 bridgehead atoms. The van der Waals surface area contributed by atoms with Crippen molar-refractivity contribution in [3.8, 4) is 0 Å². The highest BCUT2D eigenvalue weighted by Gasteiger charge is 2.14. The number of ether oxygens (including phenoxy) is 1. The van der Waals surface area contributed by atoms with Crippen LogP contribution in [0.2, 0.25) is 0 Å². The average molecular weight is 483 g/mol. The summed E-state index contributed by atoms with van der Waals surface area (Å²) >= 11 is 0. The molecule has 0 aliphatic carbocycles. The first-order chi connectivity index (χ1) is 16.6. The fourth-order valence-electron chi connectivity index (χ4n) is 4.59. The third-order valence-corrected chi connectivity index (χ3v) is 6.83. The molecule has 4 nitrogen and oxygen atoms in total. The van der Waals surface area contributed by atoms with Gasteiger partial charge in [0.1, 0.15) is 6.10 Å². The molecular formula is C30H58O4. The summed E-state index contributed by atoms with van der Waals surface area (Å²) in [6, 6.07) is 0. The van der Waals surface area contributed by atoms with Crippen LogP contribution in [0.4, 0.5) is 0 Å². The molecule has 202 valence electrons. The van der Waals surface area contributed by atoms with Crippen molar-refractivity contribution in [1.29, 1.82) is 0 Å². The molecular weight excluding hydrogens is 424 g/mol. The van der Waals surface area contributed by atoms with Crippen molar-refractivity contribution in [3.63, 3.8) is 0 Å². The van der Waals surface area contributed by atoms with Gasteiger partial charge in [-0.2, -0.15) is 0 Å². The molecule has 0 aliphatic heterocycles. The summed E-state index contributed by atoms with van der Waals surface area (Å²) in [6.07, 6.45) is 28.2. The zero-order valence-corrected chi connectivity index (χ0v) is 22.9. The van der Waals surface area contributed by atoms with E-state index in [1.54, 1.807) is 0 Å². The number of hydrogen-bond donors (Lipinski definition) is 1. The number of esters is 1. The highest BCUT2D eigenvalue weighted by Crippen LogP contribution is 2.18. The molecule has 0 saturated heterocycles. The summed E-state index contributed by atoms with van der Waals surface area (Å²) in [6.45, 7) is 4.50. The molecule has 4 heteroatoms. The molecule has 0 aromatic rings. The van der Waals surface area contributed by atoms with E-state index in [9.17, 15) is 9.59 Å². The lowest BCUT2D eigenvalue weighted by Crippen LogP contribution is -2.18. The lowest BCUT2D eigenvalue weighted by molar-refractivity contribution is -0.150. The molecule has 1 atom stereocenters. The van der Waals surface area contributed by atoms with Gasteiger partial charge in [-0.25, -0.2) is 0 Å². The van der Waals surface area contributed by atoms with Gasteiger partial charge in [0.05, 0.1) is 0 Å². The fourth-order valence-corrected chi connectivity index (χ4v) is 4.59. The molecule has 0 heterocycles. The molecule has 0 aromatic carbocycles. The zero-order chi connectivity index (χ0) is 25.1. The van der Waals surface area contributed by atoms with Crippen LogP contribution in [0.25, 0.3) is 0 Å². The van der Waals surface area contributed by atoms with Gasteiger partial charge in [-0.3, -0.25) is 9.59 Å². The number of rotatable bonds is 27. The van der Waals surface area contributed by atoms with Crippen LogP contribution in [0.1, 0.15) is 174 Å². The average Bonchev–Trinajstić information content (AvgIpc) is 2.81. The van der Waals surface area contributed by atoms with E-state index in [1.165, 1.54) is 89.9 Å². The smallest absolute Gasteiger partial charge is 0.306 e. The molecule has 0 spiro atoms. The first kappa shape index (κ1) is 32.9. The van der Waals surface area contributed by atoms with Crippen molar-refractivity contribution in [2.45, 2.75) is 180 Å². The quantitative estimate of drug-likeness (QED) is 0.0934. The maximum absolute atomic E-state index is 12.4. The van der Waals surface area contributed by atoms with E-state index in [4.69, 9.17) is 9.84 Å². The molecule has 34 heavy (non-hydrogen) atoms. The van der Waals surface area contributed by atoms with Crippen molar-refractivity contribution in [1.82, 2.24) is 0 Å². The van der Waals surface area contributed by atoms with Gasteiger partial charge in [0.2, 0.25) is 0 Å². The number of carboxylic acids is 1. The molecule has 1 N–H and O–H groups in total. The van der Waals surface area contributed by atoms with Crippen molar-refractivity contribution in [2.75, 3.05) is 0 Å². The van der Waals surface area contributed by atoms with Gasteiger partial charge < -0.3 is 9.84 Å². The molecule has 0 aromatic heterocycles. The second kappa shape index (κ2) is 26.5. The molecule has 0 fully saturated rings. The maximum Gasteiger partial charge on any atom is 0.306 e. The van der Waals surface area contributed by atoms with Crippen LogP contribution in [0.5, 0.6) is 0 Å². The van der Waals surface area contributed by atoms with Crippen molar-refractivity contribution < 1.29 is 19.4 Å². The largest absolute Gasteiger partial charge is 0.481 e. The Hall–Kier alpha value is -1.06. The number of unbranched alkanes of at least 4 members (excludes halogenated alkanes) is 18. The van der Waals surface area contributed by atoms with Crippen LogP contribution in [0, 0.1) is 0 Å². The van der Waals surface area contributed by atoms with Crippen molar-refractivity contribution >= 4 is 11.9 Å². The van der Waals surface area contributed by atoms with Crippen LogP contribution >= 0.6 is 0 Å². The van der Waals surface area contributed by atoms with Gasteiger partial charge in [-0.05, 0) is 38.5 Å². The Balaban J connectivity index is 3.94. The third kappa shape index (κ3) is 25.6. The molecule has 0 aliphatic rings. The van der Waals surface area contributed by atoms with E-state index in [-0.39, 0.29) is 18.5 Å². The SMILES string of the molecule is CCCCCCCCCCCCCC(=O)OC(CCCCCCCC)CCCCCCC(=O)O. The van der Waals surface area contributed by atoms with Gasteiger partial charge in [-0.15, -0.1) is 0 Å². The zero-order valence-electron chi connectivity index (χ0n) is 22.9.